The zero-order valence-corrected chi connectivity index (χ0v) is 15.0. The molecule has 10 heteroatoms. The Labute approximate surface area is 146 Å². The first-order valence-electron chi connectivity index (χ1n) is 6.51. The van der Waals surface area contributed by atoms with Crippen molar-refractivity contribution in [2.24, 2.45) is 0 Å². The maximum absolute atomic E-state index is 11.0. The first kappa shape index (κ1) is 22.7. The molecule has 25 heavy (non-hydrogen) atoms. The van der Waals surface area contributed by atoms with Crippen LogP contribution in [0.25, 0.3) is 11.1 Å². The van der Waals surface area contributed by atoms with Gasteiger partial charge in [0, 0.05) is 0 Å². The van der Waals surface area contributed by atoms with E-state index in [1.165, 1.54) is 0 Å². The maximum Gasteiger partial charge on any atom is 0.336 e. The van der Waals surface area contributed by atoms with Crippen molar-refractivity contribution in [3.05, 3.63) is 60.2 Å². The molecule has 0 atom stereocenters. The van der Waals surface area contributed by atoms with Gasteiger partial charge >= 0.3 is 5.97 Å². The highest BCUT2D eigenvalue weighted by Crippen LogP contribution is 2.22. The van der Waals surface area contributed by atoms with E-state index in [9.17, 15) is 21.6 Å². The summed E-state index contributed by atoms with van der Waals surface area (Å²) in [5.74, 6) is -0.894. The fourth-order valence-electron chi connectivity index (χ4n) is 1.54. The molecule has 0 aliphatic rings. The molecule has 0 aliphatic heterocycles. The quantitative estimate of drug-likeness (QED) is 0.660. The van der Waals surface area contributed by atoms with Crippen LogP contribution in [-0.4, -0.2) is 49.5 Å². The van der Waals surface area contributed by atoms with Gasteiger partial charge in [-0.15, -0.1) is 0 Å². The summed E-state index contributed by atoms with van der Waals surface area (Å²) in [5.41, 5.74) is 2.02. The number of carbonyl (C=O) groups is 1. The maximum atomic E-state index is 11.0. The normalized spacial score (nSPS) is 10.6. The molecule has 0 unspecified atom stereocenters. The molecule has 0 radical (unpaired) electrons. The molecule has 0 bridgehead atoms. The topological polar surface area (TPSA) is 146 Å². The molecule has 0 spiro atoms. The molecule has 0 fully saturated rings. The fraction of sp³-hybridized carbons (Fsp3) is 0.133. The third-order valence-electron chi connectivity index (χ3n) is 2.24. The SMILES string of the molecule is CS(=O)(=O)O.CS(=O)(=O)O.O=C(O)c1ccccc1-c1ccccc1. The zero-order chi connectivity index (χ0) is 19.7. The van der Waals surface area contributed by atoms with Gasteiger partial charge in [-0.2, -0.15) is 16.8 Å². The van der Waals surface area contributed by atoms with Crippen molar-refractivity contribution in [3.8, 4) is 11.1 Å². The molecule has 2 aromatic rings. The van der Waals surface area contributed by atoms with E-state index in [0.29, 0.717) is 18.1 Å². The Morgan fingerprint density at radius 2 is 1.12 bits per heavy atom. The van der Waals surface area contributed by atoms with Crippen LogP contribution in [0.1, 0.15) is 10.4 Å². The Balaban J connectivity index is 0.000000480. The molecule has 0 aliphatic carbocycles. The number of aromatic carboxylic acids is 1. The van der Waals surface area contributed by atoms with Crippen LogP contribution in [0.15, 0.2) is 54.6 Å². The van der Waals surface area contributed by atoms with Crippen molar-refractivity contribution in [1.29, 1.82) is 0 Å². The van der Waals surface area contributed by atoms with E-state index in [4.69, 9.17) is 14.2 Å². The van der Waals surface area contributed by atoms with Crippen molar-refractivity contribution >= 4 is 26.2 Å². The first-order chi connectivity index (χ1) is 11.3. The Hall–Kier alpha value is -2.27. The Morgan fingerprint density at radius 3 is 1.52 bits per heavy atom. The lowest BCUT2D eigenvalue weighted by molar-refractivity contribution is 0.0697. The highest BCUT2D eigenvalue weighted by Gasteiger charge is 2.09. The van der Waals surface area contributed by atoms with Crippen molar-refractivity contribution < 1.29 is 35.8 Å². The Kier molecular flexibility index (Phi) is 8.99. The van der Waals surface area contributed by atoms with Crippen LogP contribution in [0.2, 0.25) is 0 Å². The molecular formula is C15H18O8S2. The van der Waals surface area contributed by atoms with Gasteiger partial charge in [-0.25, -0.2) is 4.79 Å². The summed E-state index contributed by atoms with van der Waals surface area (Å²) in [4.78, 5) is 11.0. The smallest absolute Gasteiger partial charge is 0.336 e. The average Bonchev–Trinajstić information content (AvgIpc) is 2.44. The van der Waals surface area contributed by atoms with Crippen molar-refractivity contribution in [1.82, 2.24) is 0 Å². The molecule has 0 saturated carbocycles. The van der Waals surface area contributed by atoms with Crippen LogP contribution < -0.4 is 0 Å². The Morgan fingerprint density at radius 1 is 0.760 bits per heavy atom. The number of carboxylic acids is 1. The molecule has 0 aromatic heterocycles. The number of hydrogen-bond donors (Lipinski definition) is 3. The van der Waals surface area contributed by atoms with Gasteiger partial charge in [-0.05, 0) is 17.2 Å². The van der Waals surface area contributed by atoms with E-state index < -0.39 is 26.2 Å². The monoisotopic (exact) mass is 390 g/mol. The molecule has 0 heterocycles. The van der Waals surface area contributed by atoms with Crippen LogP contribution in [0.3, 0.4) is 0 Å². The van der Waals surface area contributed by atoms with Gasteiger partial charge in [0.1, 0.15) is 0 Å². The molecule has 138 valence electrons. The highest BCUT2D eigenvalue weighted by atomic mass is 32.2. The van der Waals surface area contributed by atoms with E-state index in [1.807, 2.05) is 42.5 Å². The summed E-state index contributed by atoms with van der Waals surface area (Å²) in [7, 11) is -7.33. The van der Waals surface area contributed by atoms with E-state index in [0.717, 1.165) is 11.1 Å². The van der Waals surface area contributed by atoms with E-state index in [1.54, 1.807) is 12.1 Å². The van der Waals surface area contributed by atoms with Crippen molar-refractivity contribution in [2.75, 3.05) is 12.5 Å². The van der Waals surface area contributed by atoms with Crippen LogP contribution in [0, 0.1) is 0 Å². The Bertz CT molecular complexity index is 842. The predicted octanol–water partition coefficient (Wildman–Crippen LogP) is 2.06. The second-order valence-corrected chi connectivity index (χ2v) is 7.61. The molecular weight excluding hydrogens is 372 g/mol. The minimum absolute atomic E-state index is 0.337. The largest absolute Gasteiger partial charge is 0.478 e. The lowest BCUT2D eigenvalue weighted by Crippen LogP contribution is -1.98. The van der Waals surface area contributed by atoms with Crippen LogP contribution in [0.4, 0.5) is 0 Å². The predicted molar refractivity (Wildman–Crippen MR) is 93.8 cm³/mol. The van der Waals surface area contributed by atoms with E-state index in [-0.39, 0.29) is 0 Å². The molecule has 0 amide bonds. The fourth-order valence-corrected chi connectivity index (χ4v) is 1.54. The van der Waals surface area contributed by atoms with Gasteiger partial charge in [0.15, 0.2) is 0 Å². The summed E-state index contributed by atoms with van der Waals surface area (Å²) >= 11 is 0. The minimum atomic E-state index is -3.67. The third-order valence-corrected chi connectivity index (χ3v) is 2.24. The number of benzene rings is 2. The van der Waals surface area contributed by atoms with Gasteiger partial charge in [0.2, 0.25) is 0 Å². The molecule has 3 N–H and O–H groups in total. The second kappa shape index (κ2) is 9.89. The highest BCUT2D eigenvalue weighted by molar-refractivity contribution is 7.85. The second-order valence-electron chi connectivity index (χ2n) is 4.68. The average molecular weight is 390 g/mol. The third kappa shape index (κ3) is 13.8. The number of hydrogen-bond acceptors (Lipinski definition) is 5. The van der Waals surface area contributed by atoms with Gasteiger partial charge in [0.05, 0.1) is 18.1 Å². The van der Waals surface area contributed by atoms with E-state index >= 15 is 0 Å². The minimum Gasteiger partial charge on any atom is -0.478 e. The summed E-state index contributed by atoms with van der Waals surface area (Å²) in [6.45, 7) is 0. The van der Waals surface area contributed by atoms with E-state index in [2.05, 4.69) is 0 Å². The van der Waals surface area contributed by atoms with Crippen molar-refractivity contribution in [3.63, 3.8) is 0 Å². The van der Waals surface area contributed by atoms with Crippen LogP contribution >= 0.6 is 0 Å². The lowest BCUT2D eigenvalue weighted by Gasteiger charge is -2.05. The standard InChI is InChI=1S/C13H10O2.2CH4O3S/c14-13(15)12-9-5-4-8-11(12)10-6-2-1-3-7-10;2*1-5(2,3)4/h1-9H,(H,14,15);2*1H3,(H,2,3,4). The molecule has 8 nitrogen and oxygen atoms in total. The summed E-state index contributed by atoms with van der Waals surface area (Å²) in [6.07, 6.45) is 1.43. The van der Waals surface area contributed by atoms with Gasteiger partial charge in [-0.3, -0.25) is 9.11 Å². The zero-order valence-electron chi connectivity index (χ0n) is 13.4. The number of rotatable bonds is 2. The molecule has 0 saturated heterocycles. The summed E-state index contributed by atoms with van der Waals surface area (Å²) < 4.78 is 51.7. The first-order valence-corrected chi connectivity index (χ1v) is 10.2. The van der Waals surface area contributed by atoms with Gasteiger partial charge in [-0.1, -0.05) is 48.5 Å². The molecule has 2 aromatic carbocycles. The summed E-state index contributed by atoms with van der Waals surface area (Å²) in [6, 6.07) is 16.5. The summed E-state index contributed by atoms with van der Waals surface area (Å²) in [5, 5.41) is 9.03. The van der Waals surface area contributed by atoms with Crippen molar-refractivity contribution in [2.45, 2.75) is 0 Å². The lowest BCUT2D eigenvalue weighted by atomic mass is 10.00. The number of carboxylic acid groups (broad SMARTS) is 1. The van der Waals surface area contributed by atoms with Gasteiger partial charge < -0.3 is 5.11 Å². The van der Waals surface area contributed by atoms with Crippen LogP contribution in [0.5, 0.6) is 0 Å². The van der Waals surface area contributed by atoms with Crippen LogP contribution in [-0.2, 0) is 20.2 Å². The van der Waals surface area contributed by atoms with Gasteiger partial charge in [0.25, 0.3) is 20.2 Å². The molecule has 2 rings (SSSR count).